The first kappa shape index (κ1) is 11.6. The summed E-state index contributed by atoms with van der Waals surface area (Å²) in [5.41, 5.74) is 7.39. The molecule has 1 unspecified atom stereocenters. The summed E-state index contributed by atoms with van der Waals surface area (Å²) in [5, 5.41) is 4.47. The summed E-state index contributed by atoms with van der Waals surface area (Å²) in [7, 11) is 0. The van der Waals surface area contributed by atoms with Crippen molar-refractivity contribution in [2.24, 2.45) is 0 Å². The lowest BCUT2D eigenvalue weighted by molar-refractivity contribution is 0.420. The molecule has 94 valence electrons. The summed E-state index contributed by atoms with van der Waals surface area (Å²) in [6.07, 6.45) is 3.67. The van der Waals surface area contributed by atoms with Crippen LogP contribution in [0.3, 0.4) is 0 Å². The van der Waals surface area contributed by atoms with Crippen LogP contribution in [0.1, 0.15) is 30.3 Å². The SMILES string of the molecule is Nc1ccccc1-c1nc(C2CCCCS2)no1. The summed E-state index contributed by atoms with van der Waals surface area (Å²) in [6, 6.07) is 7.56. The van der Waals surface area contributed by atoms with Crippen molar-refractivity contribution in [3.63, 3.8) is 0 Å². The van der Waals surface area contributed by atoms with E-state index in [0.717, 1.165) is 17.8 Å². The molecule has 1 fully saturated rings. The Morgan fingerprint density at radius 3 is 2.94 bits per heavy atom. The maximum atomic E-state index is 5.91. The Bertz CT molecular complexity index is 535. The predicted molar refractivity (Wildman–Crippen MR) is 73.2 cm³/mol. The number of rotatable bonds is 2. The number of nitrogen functional groups attached to an aromatic ring is 1. The minimum absolute atomic E-state index is 0.376. The van der Waals surface area contributed by atoms with Crippen LogP contribution in [0, 0.1) is 0 Å². The summed E-state index contributed by atoms with van der Waals surface area (Å²) in [4.78, 5) is 4.49. The van der Waals surface area contributed by atoms with Gasteiger partial charge in [0, 0.05) is 5.69 Å². The fourth-order valence-corrected chi connectivity index (χ4v) is 3.34. The molecule has 1 aromatic carbocycles. The molecule has 5 heteroatoms. The zero-order valence-corrected chi connectivity index (χ0v) is 10.8. The van der Waals surface area contributed by atoms with Gasteiger partial charge in [0.2, 0.25) is 0 Å². The first-order chi connectivity index (χ1) is 8.84. The number of benzene rings is 1. The minimum Gasteiger partial charge on any atom is -0.398 e. The molecule has 2 N–H and O–H groups in total. The number of para-hydroxylation sites is 1. The lowest BCUT2D eigenvalue weighted by atomic mass is 10.1. The van der Waals surface area contributed by atoms with Gasteiger partial charge in [-0.15, -0.1) is 0 Å². The summed E-state index contributed by atoms with van der Waals surface area (Å²) in [6.45, 7) is 0. The molecule has 1 aliphatic heterocycles. The van der Waals surface area contributed by atoms with E-state index in [9.17, 15) is 0 Å². The second kappa shape index (κ2) is 5.02. The number of anilines is 1. The van der Waals surface area contributed by atoms with E-state index >= 15 is 0 Å². The summed E-state index contributed by atoms with van der Waals surface area (Å²) in [5.74, 6) is 2.51. The first-order valence-corrected chi connectivity index (χ1v) is 7.19. The third kappa shape index (κ3) is 2.22. The van der Waals surface area contributed by atoms with Gasteiger partial charge in [-0.2, -0.15) is 16.7 Å². The number of thioether (sulfide) groups is 1. The van der Waals surface area contributed by atoms with Crippen molar-refractivity contribution in [3.8, 4) is 11.5 Å². The summed E-state index contributed by atoms with van der Waals surface area (Å²) < 4.78 is 5.33. The molecule has 2 heterocycles. The molecule has 1 saturated heterocycles. The highest BCUT2D eigenvalue weighted by atomic mass is 32.2. The van der Waals surface area contributed by atoms with Gasteiger partial charge < -0.3 is 10.3 Å². The normalized spacial score (nSPS) is 19.9. The molecule has 4 nitrogen and oxygen atoms in total. The first-order valence-electron chi connectivity index (χ1n) is 6.14. The van der Waals surface area contributed by atoms with Crippen LogP contribution < -0.4 is 5.73 Å². The van der Waals surface area contributed by atoms with Crippen LogP contribution >= 0.6 is 11.8 Å². The fourth-order valence-electron chi connectivity index (χ4n) is 2.11. The van der Waals surface area contributed by atoms with Crippen molar-refractivity contribution in [2.45, 2.75) is 24.5 Å². The monoisotopic (exact) mass is 261 g/mol. The quantitative estimate of drug-likeness (QED) is 0.840. The molecule has 1 aliphatic rings. The van der Waals surface area contributed by atoms with Crippen molar-refractivity contribution in [3.05, 3.63) is 30.1 Å². The molecular weight excluding hydrogens is 246 g/mol. The minimum atomic E-state index is 0.376. The molecule has 3 rings (SSSR count). The molecule has 18 heavy (non-hydrogen) atoms. The Morgan fingerprint density at radius 2 is 2.17 bits per heavy atom. The Hall–Kier alpha value is -1.49. The molecule has 0 radical (unpaired) electrons. The van der Waals surface area contributed by atoms with Gasteiger partial charge in [-0.3, -0.25) is 0 Å². The van der Waals surface area contributed by atoms with E-state index in [2.05, 4.69) is 10.1 Å². The lowest BCUT2D eigenvalue weighted by Crippen LogP contribution is -2.03. The van der Waals surface area contributed by atoms with Crippen molar-refractivity contribution in [2.75, 3.05) is 11.5 Å². The van der Waals surface area contributed by atoms with E-state index < -0.39 is 0 Å². The van der Waals surface area contributed by atoms with E-state index in [0.29, 0.717) is 16.8 Å². The van der Waals surface area contributed by atoms with E-state index in [-0.39, 0.29) is 0 Å². The smallest absolute Gasteiger partial charge is 0.260 e. The van der Waals surface area contributed by atoms with E-state index in [1.165, 1.54) is 18.6 Å². The van der Waals surface area contributed by atoms with Crippen molar-refractivity contribution >= 4 is 17.4 Å². The maximum Gasteiger partial charge on any atom is 0.260 e. The Labute approximate surface area is 110 Å². The van der Waals surface area contributed by atoms with Crippen LogP contribution in [-0.2, 0) is 0 Å². The van der Waals surface area contributed by atoms with Crippen LogP contribution in [0.5, 0.6) is 0 Å². The highest BCUT2D eigenvalue weighted by Gasteiger charge is 2.22. The zero-order chi connectivity index (χ0) is 12.4. The van der Waals surface area contributed by atoms with Crippen LogP contribution in [0.25, 0.3) is 11.5 Å². The molecular formula is C13H15N3OS. The molecule has 0 aliphatic carbocycles. The van der Waals surface area contributed by atoms with Gasteiger partial charge >= 0.3 is 0 Å². The second-order valence-corrected chi connectivity index (χ2v) is 5.71. The van der Waals surface area contributed by atoms with Gasteiger partial charge in [0.25, 0.3) is 5.89 Å². The largest absolute Gasteiger partial charge is 0.398 e. The number of hydrogen-bond donors (Lipinski definition) is 1. The predicted octanol–water partition coefficient (Wildman–Crippen LogP) is 3.28. The highest BCUT2D eigenvalue weighted by molar-refractivity contribution is 7.99. The molecule has 0 spiro atoms. The summed E-state index contributed by atoms with van der Waals surface area (Å²) >= 11 is 1.91. The Balaban J connectivity index is 1.87. The van der Waals surface area contributed by atoms with Gasteiger partial charge in [0.15, 0.2) is 5.82 Å². The van der Waals surface area contributed by atoms with E-state index in [1.807, 2.05) is 36.0 Å². The Morgan fingerprint density at radius 1 is 1.28 bits per heavy atom. The highest BCUT2D eigenvalue weighted by Crippen LogP contribution is 2.37. The lowest BCUT2D eigenvalue weighted by Gasteiger charge is -2.17. The standard InChI is InChI=1S/C13H15N3OS/c14-10-6-2-1-5-9(10)13-15-12(16-17-13)11-7-3-4-8-18-11/h1-2,5-6,11H,3-4,7-8,14H2. The molecule has 2 aromatic rings. The van der Waals surface area contributed by atoms with Crippen LogP contribution in [0.2, 0.25) is 0 Å². The van der Waals surface area contributed by atoms with Crippen molar-refractivity contribution in [1.29, 1.82) is 0 Å². The van der Waals surface area contributed by atoms with Crippen LogP contribution in [-0.4, -0.2) is 15.9 Å². The third-order valence-corrected chi connectivity index (χ3v) is 4.47. The van der Waals surface area contributed by atoms with Gasteiger partial charge in [0.1, 0.15) is 0 Å². The number of nitrogens with zero attached hydrogens (tertiary/aromatic N) is 2. The fraction of sp³-hybridized carbons (Fsp3) is 0.385. The van der Waals surface area contributed by atoms with Gasteiger partial charge in [0.05, 0.1) is 10.8 Å². The van der Waals surface area contributed by atoms with Crippen molar-refractivity contribution < 1.29 is 4.52 Å². The van der Waals surface area contributed by atoms with Gasteiger partial charge in [-0.05, 0) is 30.7 Å². The zero-order valence-electron chi connectivity index (χ0n) is 10.0. The van der Waals surface area contributed by atoms with Gasteiger partial charge in [-0.25, -0.2) is 0 Å². The molecule has 1 atom stereocenters. The van der Waals surface area contributed by atoms with Gasteiger partial charge in [-0.1, -0.05) is 23.7 Å². The number of hydrogen-bond acceptors (Lipinski definition) is 5. The van der Waals surface area contributed by atoms with E-state index in [1.54, 1.807) is 0 Å². The molecule has 1 aromatic heterocycles. The second-order valence-electron chi connectivity index (χ2n) is 4.40. The average molecular weight is 261 g/mol. The topological polar surface area (TPSA) is 64.9 Å². The van der Waals surface area contributed by atoms with Crippen LogP contribution in [0.4, 0.5) is 5.69 Å². The molecule has 0 bridgehead atoms. The van der Waals surface area contributed by atoms with E-state index in [4.69, 9.17) is 10.3 Å². The van der Waals surface area contributed by atoms with Crippen molar-refractivity contribution in [1.82, 2.24) is 10.1 Å². The average Bonchev–Trinajstić information content (AvgIpc) is 2.90. The number of aromatic nitrogens is 2. The molecule has 0 amide bonds. The maximum absolute atomic E-state index is 5.91. The van der Waals surface area contributed by atoms with Crippen LogP contribution in [0.15, 0.2) is 28.8 Å². The third-order valence-electron chi connectivity index (χ3n) is 3.10. The number of nitrogens with two attached hydrogens (primary N) is 1. The Kier molecular flexibility index (Phi) is 3.23. The molecule has 0 saturated carbocycles.